The number of carbonyl (C=O) groups is 1. The summed E-state index contributed by atoms with van der Waals surface area (Å²) in [6.45, 7) is 15.7. The van der Waals surface area contributed by atoms with E-state index in [1.54, 1.807) is 0 Å². The monoisotopic (exact) mass is 256 g/mol. The third-order valence-corrected chi connectivity index (χ3v) is 8.94. The molecule has 0 N–H and O–H groups in total. The van der Waals surface area contributed by atoms with Gasteiger partial charge in [0, 0.05) is 12.8 Å². The third-order valence-electron chi connectivity index (χ3n) is 4.45. The van der Waals surface area contributed by atoms with Gasteiger partial charge in [0.05, 0.1) is 6.10 Å². The highest BCUT2D eigenvalue weighted by molar-refractivity contribution is 6.74. The van der Waals surface area contributed by atoms with Crippen molar-refractivity contribution in [3.8, 4) is 0 Å². The summed E-state index contributed by atoms with van der Waals surface area (Å²) in [5, 5.41) is 0.241. The second kappa shape index (κ2) is 4.50. The largest absolute Gasteiger partial charge is 0.413 e. The zero-order valence-electron chi connectivity index (χ0n) is 12.5. The van der Waals surface area contributed by atoms with Gasteiger partial charge >= 0.3 is 0 Å². The number of hydrogen-bond donors (Lipinski definition) is 0. The van der Waals surface area contributed by atoms with E-state index in [-0.39, 0.29) is 16.6 Å². The molecule has 1 fully saturated rings. The van der Waals surface area contributed by atoms with Crippen molar-refractivity contribution in [2.45, 2.75) is 78.1 Å². The number of hydrogen-bond acceptors (Lipinski definition) is 2. The molecule has 0 aromatic rings. The molecular formula is C14H28O2Si. The first kappa shape index (κ1) is 14.9. The third kappa shape index (κ3) is 3.41. The van der Waals surface area contributed by atoms with Gasteiger partial charge in [-0.05, 0) is 30.0 Å². The molecule has 100 valence electrons. The standard InChI is InChI=1S/C14H28O2Si/c1-13(2,3)17(6,7)16-12-9-8-11(15)10-14(12,4)5/h12H,8-10H2,1-7H3/t12-/m1/s1. The minimum Gasteiger partial charge on any atom is -0.413 e. The Bertz CT molecular complexity index is 300. The Balaban J connectivity index is 2.78. The van der Waals surface area contributed by atoms with Crippen LogP contribution in [0, 0.1) is 5.41 Å². The van der Waals surface area contributed by atoms with Crippen molar-refractivity contribution in [3.05, 3.63) is 0 Å². The molecule has 0 aliphatic heterocycles. The lowest BCUT2D eigenvalue weighted by Gasteiger charge is -2.46. The Hall–Kier alpha value is -0.153. The van der Waals surface area contributed by atoms with Crippen LogP contribution in [-0.4, -0.2) is 20.2 Å². The molecule has 0 radical (unpaired) electrons. The van der Waals surface area contributed by atoms with Gasteiger partial charge in [-0.3, -0.25) is 4.79 Å². The van der Waals surface area contributed by atoms with Crippen molar-refractivity contribution in [2.24, 2.45) is 5.41 Å². The lowest BCUT2D eigenvalue weighted by Crippen LogP contribution is -2.49. The Morgan fingerprint density at radius 2 is 1.82 bits per heavy atom. The van der Waals surface area contributed by atoms with E-state index in [1.165, 1.54) is 0 Å². The van der Waals surface area contributed by atoms with E-state index in [2.05, 4.69) is 47.7 Å². The van der Waals surface area contributed by atoms with E-state index >= 15 is 0 Å². The summed E-state index contributed by atoms with van der Waals surface area (Å²) in [6, 6.07) is 0. The van der Waals surface area contributed by atoms with Crippen LogP contribution in [0.3, 0.4) is 0 Å². The lowest BCUT2D eigenvalue weighted by molar-refractivity contribution is -0.127. The highest BCUT2D eigenvalue weighted by Crippen LogP contribution is 2.43. The number of Topliss-reactive ketones (excluding diaryl/α,β-unsaturated/α-hetero) is 1. The Kier molecular flexibility index (Phi) is 3.95. The van der Waals surface area contributed by atoms with Crippen LogP contribution in [0.5, 0.6) is 0 Å². The normalized spacial score (nSPS) is 26.1. The predicted octanol–water partition coefficient (Wildman–Crippen LogP) is 4.16. The number of ketones is 1. The van der Waals surface area contributed by atoms with Crippen molar-refractivity contribution < 1.29 is 9.22 Å². The molecular weight excluding hydrogens is 228 g/mol. The van der Waals surface area contributed by atoms with E-state index in [4.69, 9.17) is 4.43 Å². The van der Waals surface area contributed by atoms with Gasteiger partial charge in [0.2, 0.25) is 0 Å². The van der Waals surface area contributed by atoms with E-state index in [1.807, 2.05) is 0 Å². The minimum absolute atomic E-state index is 0.00481. The summed E-state index contributed by atoms with van der Waals surface area (Å²) in [5.74, 6) is 0.394. The van der Waals surface area contributed by atoms with Crippen LogP contribution in [0.2, 0.25) is 18.1 Å². The van der Waals surface area contributed by atoms with Crippen molar-refractivity contribution in [3.63, 3.8) is 0 Å². The summed E-state index contributed by atoms with van der Waals surface area (Å²) < 4.78 is 6.49. The SMILES string of the molecule is CC1(C)CC(=O)CC[C@H]1O[Si](C)(C)C(C)(C)C. The molecule has 0 saturated heterocycles. The molecule has 1 atom stereocenters. The van der Waals surface area contributed by atoms with Gasteiger partial charge in [0.25, 0.3) is 0 Å². The molecule has 1 rings (SSSR count). The van der Waals surface area contributed by atoms with Crippen LogP contribution < -0.4 is 0 Å². The molecule has 0 aromatic carbocycles. The molecule has 3 heteroatoms. The fourth-order valence-electron chi connectivity index (χ4n) is 2.14. The smallest absolute Gasteiger partial charge is 0.192 e. The Morgan fingerprint density at radius 1 is 1.29 bits per heavy atom. The summed E-state index contributed by atoms with van der Waals surface area (Å²) in [5.41, 5.74) is 0.00481. The Morgan fingerprint density at radius 3 is 2.24 bits per heavy atom. The van der Waals surface area contributed by atoms with Crippen molar-refractivity contribution in [1.29, 1.82) is 0 Å². The summed E-state index contributed by atoms with van der Waals surface area (Å²) in [7, 11) is -1.71. The van der Waals surface area contributed by atoms with Gasteiger partial charge in [-0.1, -0.05) is 34.6 Å². The average Bonchev–Trinajstić information content (AvgIpc) is 2.07. The van der Waals surface area contributed by atoms with Crippen LogP contribution >= 0.6 is 0 Å². The van der Waals surface area contributed by atoms with E-state index in [9.17, 15) is 4.79 Å². The summed E-state index contributed by atoms with van der Waals surface area (Å²) in [4.78, 5) is 11.5. The molecule has 1 saturated carbocycles. The first-order valence-corrected chi connectivity index (χ1v) is 9.56. The molecule has 2 nitrogen and oxygen atoms in total. The fourth-order valence-corrected chi connectivity index (χ4v) is 3.65. The molecule has 0 heterocycles. The van der Waals surface area contributed by atoms with Crippen LogP contribution in [0.15, 0.2) is 0 Å². The number of rotatable bonds is 2. The van der Waals surface area contributed by atoms with Crippen molar-refractivity contribution in [2.75, 3.05) is 0 Å². The van der Waals surface area contributed by atoms with E-state index < -0.39 is 8.32 Å². The van der Waals surface area contributed by atoms with Crippen LogP contribution in [-0.2, 0) is 9.22 Å². The van der Waals surface area contributed by atoms with Crippen molar-refractivity contribution in [1.82, 2.24) is 0 Å². The van der Waals surface area contributed by atoms with Gasteiger partial charge in [0.1, 0.15) is 5.78 Å². The molecule has 17 heavy (non-hydrogen) atoms. The number of carbonyl (C=O) groups excluding carboxylic acids is 1. The van der Waals surface area contributed by atoms with Gasteiger partial charge in [-0.15, -0.1) is 0 Å². The second-order valence-corrected chi connectivity index (χ2v) is 12.4. The Labute approximate surface area is 107 Å². The second-order valence-electron chi connectivity index (χ2n) is 7.61. The first-order chi connectivity index (χ1) is 7.46. The zero-order chi connectivity index (χ0) is 13.5. The molecule has 0 bridgehead atoms. The highest BCUT2D eigenvalue weighted by Gasteiger charge is 2.44. The van der Waals surface area contributed by atoms with E-state index in [0.29, 0.717) is 18.6 Å². The maximum atomic E-state index is 11.5. The lowest BCUT2D eigenvalue weighted by atomic mass is 9.74. The van der Waals surface area contributed by atoms with E-state index in [0.717, 1.165) is 6.42 Å². The van der Waals surface area contributed by atoms with Crippen LogP contribution in [0.25, 0.3) is 0 Å². The fraction of sp³-hybridized carbons (Fsp3) is 0.929. The topological polar surface area (TPSA) is 26.3 Å². The maximum absolute atomic E-state index is 11.5. The van der Waals surface area contributed by atoms with Crippen LogP contribution in [0.4, 0.5) is 0 Å². The average molecular weight is 256 g/mol. The van der Waals surface area contributed by atoms with Crippen LogP contribution in [0.1, 0.15) is 53.9 Å². The molecule has 0 unspecified atom stereocenters. The van der Waals surface area contributed by atoms with Gasteiger partial charge in [-0.2, -0.15) is 0 Å². The summed E-state index contributed by atoms with van der Waals surface area (Å²) in [6.07, 6.45) is 2.52. The minimum atomic E-state index is -1.71. The quantitative estimate of drug-likeness (QED) is 0.694. The summed E-state index contributed by atoms with van der Waals surface area (Å²) >= 11 is 0. The van der Waals surface area contributed by atoms with Gasteiger partial charge in [0.15, 0.2) is 8.32 Å². The molecule has 0 aromatic heterocycles. The zero-order valence-corrected chi connectivity index (χ0v) is 13.5. The predicted molar refractivity (Wildman–Crippen MR) is 74.7 cm³/mol. The van der Waals surface area contributed by atoms with Gasteiger partial charge < -0.3 is 4.43 Å². The maximum Gasteiger partial charge on any atom is 0.192 e. The molecule has 1 aliphatic carbocycles. The molecule has 0 amide bonds. The highest BCUT2D eigenvalue weighted by atomic mass is 28.4. The molecule has 1 aliphatic rings. The molecule has 0 spiro atoms. The first-order valence-electron chi connectivity index (χ1n) is 6.65. The van der Waals surface area contributed by atoms with Crippen molar-refractivity contribution >= 4 is 14.1 Å². The van der Waals surface area contributed by atoms with Gasteiger partial charge in [-0.25, -0.2) is 0 Å².